The number of aliphatic hydroxyl groups is 1. The monoisotopic (exact) mass is 204 g/mol. The maximum atomic E-state index is 9.28. The summed E-state index contributed by atoms with van der Waals surface area (Å²) in [7, 11) is 1.96. The van der Waals surface area contributed by atoms with Gasteiger partial charge in [-0.05, 0) is 25.8 Å². The van der Waals surface area contributed by atoms with E-state index >= 15 is 0 Å². The van der Waals surface area contributed by atoms with Crippen molar-refractivity contribution < 1.29 is 5.11 Å². The Kier molecular flexibility index (Phi) is 2.73. The first kappa shape index (κ1) is 10.2. The number of hydrogen-bond donors (Lipinski definition) is 1. The average molecular weight is 204 g/mol. The molecule has 1 atom stereocenters. The molecule has 3 nitrogen and oxygen atoms in total. The molecule has 3 heteroatoms. The summed E-state index contributed by atoms with van der Waals surface area (Å²) >= 11 is 0. The summed E-state index contributed by atoms with van der Waals surface area (Å²) in [5.41, 5.74) is 2.23. The molecule has 2 aromatic rings. The van der Waals surface area contributed by atoms with Gasteiger partial charge in [-0.3, -0.25) is 4.68 Å². The number of fused-ring (bicyclic) bond motifs is 1. The number of aryl methyl sites for hydroxylation is 2. The Morgan fingerprint density at radius 2 is 2.13 bits per heavy atom. The predicted molar refractivity (Wildman–Crippen MR) is 60.7 cm³/mol. The lowest BCUT2D eigenvalue weighted by Gasteiger charge is -2.04. The molecule has 15 heavy (non-hydrogen) atoms. The minimum atomic E-state index is -0.251. The van der Waals surface area contributed by atoms with Crippen molar-refractivity contribution in [1.82, 2.24) is 9.78 Å². The Labute approximate surface area is 89.3 Å². The van der Waals surface area contributed by atoms with Crippen LogP contribution in [-0.4, -0.2) is 21.0 Å². The zero-order valence-corrected chi connectivity index (χ0v) is 9.14. The third-order valence-corrected chi connectivity index (χ3v) is 2.66. The molecule has 0 aliphatic heterocycles. The van der Waals surface area contributed by atoms with Gasteiger partial charge in [0.15, 0.2) is 0 Å². The van der Waals surface area contributed by atoms with Crippen LogP contribution in [-0.2, 0) is 13.5 Å². The van der Waals surface area contributed by atoms with Crippen LogP contribution in [0.5, 0.6) is 0 Å². The summed E-state index contributed by atoms with van der Waals surface area (Å²) in [5, 5.41) is 14.9. The van der Waals surface area contributed by atoms with Crippen molar-refractivity contribution >= 4 is 10.9 Å². The largest absolute Gasteiger partial charge is 0.393 e. The van der Waals surface area contributed by atoms with E-state index in [4.69, 9.17) is 0 Å². The van der Waals surface area contributed by atoms with Gasteiger partial charge in [0.25, 0.3) is 0 Å². The molecule has 0 spiro atoms. The Bertz CT molecular complexity index is 460. The molecule has 1 unspecified atom stereocenters. The molecule has 2 rings (SSSR count). The fraction of sp³-hybridized carbons (Fsp3) is 0.417. The average Bonchev–Trinajstić information content (AvgIpc) is 2.50. The van der Waals surface area contributed by atoms with Gasteiger partial charge >= 0.3 is 0 Å². The lowest BCUT2D eigenvalue weighted by Crippen LogP contribution is -2.05. The van der Waals surface area contributed by atoms with E-state index in [0.29, 0.717) is 0 Å². The molecule has 1 heterocycles. The van der Waals surface area contributed by atoms with Gasteiger partial charge in [0.2, 0.25) is 0 Å². The molecular formula is C12H16N2O. The molecule has 0 radical (unpaired) electrons. The Hall–Kier alpha value is -1.35. The van der Waals surface area contributed by atoms with Crippen LogP contribution in [0.4, 0.5) is 0 Å². The number of hydrogen-bond acceptors (Lipinski definition) is 2. The highest BCUT2D eigenvalue weighted by Gasteiger charge is 2.08. The van der Waals surface area contributed by atoms with Crippen LogP contribution in [0.15, 0.2) is 24.3 Å². The van der Waals surface area contributed by atoms with Crippen molar-refractivity contribution in [3.8, 4) is 0 Å². The van der Waals surface area contributed by atoms with E-state index in [1.54, 1.807) is 0 Å². The van der Waals surface area contributed by atoms with E-state index in [2.05, 4.69) is 11.2 Å². The SMILES string of the molecule is CC(O)CCc1c2ccccc2nn1C. The molecule has 0 saturated carbocycles. The molecule has 0 bridgehead atoms. The molecule has 80 valence electrons. The summed E-state index contributed by atoms with van der Waals surface area (Å²) in [6.07, 6.45) is 1.40. The van der Waals surface area contributed by atoms with Crippen molar-refractivity contribution in [2.45, 2.75) is 25.9 Å². The summed E-state index contributed by atoms with van der Waals surface area (Å²) in [4.78, 5) is 0. The highest BCUT2D eigenvalue weighted by atomic mass is 16.3. The predicted octanol–water partition coefficient (Wildman–Crippen LogP) is 1.89. The van der Waals surface area contributed by atoms with Gasteiger partial charge < -0.3 is 5.11 Å². The van der Waals surface area contributed by atoms with Crippen molar-refractivity contribution in [2.75, 3.05) is 0 Å². The van der Waals surface area contributed by atoms with E-state index < -0.39 is 0 Å². The molecular weight excluding hydrogens is 188 g/mol. The van der Waals surface area contributed by atoms with Crippen molar-refractivity contribution in [2.24, 2.45) is 7.05 Å². The summed E-state index contributed by atoms with van der Waals surface area (Å²) < 4.78 is 1.91. The van der Waals surface area contributed by atoms with Gasteiger partial charge in [-0.15, -0.1) is 0 Å². The smallest absolute Gasteiger partial charge is 0.0926 e. The fourth-order valence-corrected chi connectivity index (χ4v) is 1.84. The number of nitrogens with zero attached hydrogens (tertiary/aromatic N) is 2. The second-order valence-corrected chi connectivity index (χ2v) is 3.98. The van der Waals surface area contributed by atoms with E-state index in [-0.39, 0.29) is 6.10 Å². The standard InChI is InChI=1S/C12H16N2O/c1-9(15)7-8-12-10-5-3-4-6-11(10)13-14(12)2/h3-6,9,15H,7-8H2,1-2H3. The highest BCUT2D eigenvalue weighted by Crippen LogP contribution is 2.18. The second-order valence-electron chi connectivity index (χ2n) is 3.98. The first-order valence-corrected chi connectivity index (χ1v) is 5.27. The molecule has 1 aromatic carbocycles. The van der Waals surface area contributed by atoms with Gasteiger partial charge in [0.1, 0.15) is 0 Å². The molecule has 0 saturated heterocycles. The zero-order chi connectivity index (χ0) is 10.8. The quantitative estimate of drug-likeness (QED) is 0.829. The first-order chi connectivity index (χ1) is 7.18. The molecule has 0 aliphatic carbocycles. The Balaban J connectivity index is 2.36. The molecule has 0 amide bonds. The van der Waals surface area contributed by atoms with Crippen molar-refractivity contribution in [3.05, 3.63) is 30.0 Å². The van der Waals surface area contributed by atoms with E-state index in [1.807, 2.05) is 36.9 Å². The van der Waals surface area contributed by atoms with Crippen LogP contribution in [0.2, 0.25) is 0 Å². The van der Waals surface area contributed by atoms with Crippen LogP contribution in [0.3, 0.4) is 0 Å². The fourth-order valence-electron chi connectivity index (χ4n) is 1.84. The summed E-state index contributed by atoms with van der Waals surface area (Å²) in [6, 6.07) is 8.12. The zero-order valence-electron chi connectivity index (χ0n) is 9.14. The first-order valence-electron chi connectivity index (χ1n) is 5.27. The van der Waals surface area contributed by atoms with Crippen molar-refractivity contribution in [1.29, 1.82) is 0 Å². The van der Waals surface area contributed by atoms with Crippen LogP contribution in [0, 0.1) is 0 Å². The number of aliphatic hydroxyl groups excluding tert-OH is 1. The number of rotatable bonds is 3. The van der Waals surface area contributed by atoms with Crippen LogP contribution in [0.25, 0.3) is 10.9 Å². The van der Waals surface area contributed by atoms with Gasteiger partial charge in [-0.2, -0.15) is 5.10 Å². The maximum Gasteiger partial charge on any atom is 0.0926 e. The van der Waals surface area contributed by atoms with Gasteiger partial charge in [-0.25, -0.2) is 0 Å². The highest BCUT2D eigenvalue weighted by molar-refractivity contribution is 5.81. The maximum absolute atomic E-state index is 9.28. The van der Waals surface area contributed by atoms with E-state index in [9.17, 15) is 5.11 Å². The van der Waals surface area contributed by atoms with Crippen LogP contribution >= 0.6 is 0 Å². The summed E-state index contributed by atoms with van der Waals surface area (Å²) in [6.45, 7) is 1.82. The van der Waals surface area contributed by atoms with Crippen molar-refractivity contribution in [3.63, 3.8) is 0 Å². The van der Waals surface area contributed by atoms with Gasteiger partial charge in [0, 0.05) is 18.1 Å². The Morgan fingerprint density at radius 1 is 1.40 bits per heavy atom. The minimum Gasteiger partial charge on any atom is -0.393 e. The van der Waals surface area contributed by atoms with E-state index in [0.717, 1.165) is 18.4 Å². The number of aromatic nitrogens is 2. The molecule has 1 N–H and O–H groups in total. The second kappa shape index (κ2) is 4.03. The molecule has 0 aliphatic rings. The number of benzene rings is 1. The van der Waals surface area contributed by atoms with E-state index in [1.165, 1.54) is 11.1 Å². The third-order valence-electron chi connectivity index (χ3n) is 2.66. The lowest BCUT2D eigenvalue weighted by atomic mass is 10.1. The topological polar surface area (TPSA) is 38.1 Å². The third kappa shape index (κ3) is 2.02. The van der Waals surface area contributed by atoms with Crippen LogP contribution in [0.1, 0.15) is 19.0 Å². The Morgan fingerprint density at radius 3 is 2.87 bits per heavy atom. The van der Waals surface area contributed by atoms with Gasteiger partial charge in [-0.1, -0.05) is 18.2 Å². The minimum absolute atomic E-state index is 0.251. The lowest BCUT2D eigenvalue weighted by molar-refractivity contribution is 0.184. The molecule has 1 aromatic heterocycles. The normalized spacial score (nSPS) is 13.3. The molecule has 0 fully saturated rings. The summed E-state index contributed by atoms with van der Waals surface area (Å²) in [5.74, 6) is 0. The van der Waals surface area contributed by atoms with Gasteiger partial charge in [0.05, 0.1) is 11.6 Å². The van der Waals surface area contributed by atoms with Crippen LogP contribution < -0.4 is 0 Å².